The second-order valence-corrected chi connectivity index (χ2v) is 6.71. The Morgan fingerprint density at radius 2 is 1.81 bits per heavy atom. The first-order chi connectivity index (χ1) is 13.2. The topological polar surface area (TPSA) is 60.5 Å². The number of nitrogens with zero attached hydrogens (tertiary/aromatic N) is 1. The molecule has 3 aromatic rings. The zero-order chi connectivity index (χ0) is 18.9. The van der Waals surface area contributed by atoms with E-state index in [-0.39, 0.29) is 12.5 Å². The van der Waals surface area contributed by atoms with Gasteiger partial charge in [0.1, 0.15) is 0 Å². The fraction of sp³-hybridized carbons (Fsp3) is 0.143. The molecule has 0 unspecified atom stereocenters. The molecule has 0 aliphatic carbocycles. The van der Waals surface area contributed by atoms with Crippen LogP contribution >= 0.6 is 11.8 Å². The van der Waals surface area contributed by atoms with E-state index in [4.69, 9.17) is 9.47 Å². The molecule has 1 amide bonds. The number of thioether (sulfide) groups is 1. The average Bonchev–Trinajstić information content (AvgIpc) is 2.72. The molecule has 1 aromatic heterocycles. The summed E-state index contributed by atoms with van der Waals surface area (Å²) in [6, 6.07) is 18.9. The molecule has 0 radical (unpaired) electrons. The van der Waals surface area contributed by atoms with Crippen LogP contribution in [-0.4, -0.2) is 24.6 Å². The molecule has 3 rings (SSSR count). The minimum absolute atomic E-state index is 0.0854. The Morgan fingerprint density at radius 1 is 1.04 bits per heavy atom. The number of benzene rings is 2. The molecule has 0 spiro atoms. The average molecular weight is 380 g/mol. The number of rotatable bonds is 8. The number of hydrogen-bond acceptors (Lipinski definition) is 5. The molecule has 138 valence electrons. The maximum absolute atomic E-state index is 12.1. The number of carbonyl (C=O) groups is 1. The summed E-state index contributed by atoms with van der Waals surface area (Å²) in [5.74, 6) is 1.76. The van der Waals surface area contributed by atoms with Crippen molar-refractivity contribution < 1.29 is 14.3 Å². The van der Waals surface area contributed by atoms with Crippen molar-refractivity contribution in [1.29, 1.82) is 0 Å². The first-order valence-electron chi connectivity index (χ1n) is 8.42. The number of para-hydroxylation sites is 2. The van der Waals surface area contributed by atoms with Crippen LogP contribution in [0.4, 0.5) is 5.69 Å². The van der Waals surface area contributed by atoms with E-state index in [1.54, 1.807) is 37.2 Å². The summed E-state index contributed by atoms with van der Waals surface area (Å²) in [6.07, 6.45) is 3.63. The molecule has 5 nitrogen and oxygen atoms in total. The predicted molar refractivity (Wildman–Crippen MR) is 107 cm³/mol. The maximum atomic E-state index is 12.1. The summed E-state index contributed by atoms with van der Waals surface area (Å²) in [5.41, 5.74) is 1.91. The first-order valence-corrected chi connectivity index (χ1v) is 9.40. The van der Waals surface area contributed by atoms with E-state index in [0.29, 0.717) is 11.5 Å². The highest BCUT2D eigenvalue weighted by Crippen LogP contribution is 2.26. The van der Waals surface area contributed by atoms with Crippen molar-refractivity contribution in [3.8, 4) is 11.5 Å². The molecule has 27 heavy (non-hydrogen) atoms. The number of aromatic nitrogens is 1. The van der Waals surface area contributed by atoms with Crippen LogP contribution in [0.5, 0.6) is 11.5 Å². The fourth-order valence-corrected chi connectivity index (χ4v) is 3.20. The molecule has 0 bridgehead atoms. The van der Waals surface area contributed by atoms with Crippen LogP contribution in [0.3, 0.4) is 0 Å². The molecule has 0 aliphatic rings. The number of methoxy groups -OCH3 is 1. The van der Waals surface area contributed by atoms with E-state index in [0.717, 1.165) is 16.3 Å². The van der Waals surface area contributed by atoms with Crippen LogP contribution in [-0.2, 0) is 10.5 Å². The highest BCUT2D eigenvalue weighted by atomic mass is 32.2. The van der Waals surface area contributed by atoms with Gasteiger partial charge in [0, 0.05) is 28.7 Å². The number of hydrogen-bond donors (Lipinski definition) is 1. The lowest BCUT2D eigenvalue weighted by atomic mass is 10.3. The zero-order valence-electron chi connectivity index (χ0n) is 14.9. The lowest BCUT2D eigenvalue weighted by Crippen LogP contribution is -2.20. The van der Waals surface area contributed by atoms with E-state index >= 15 is 0 Å². The third kappa shape index (κ3) is 5.76. The Morgan fingerprint density at radius 3 is 2.52 bits per heavy atom. The number of amides is 1. The van der Waals surface area contributed by atoms with Gasteiger partial charge in [0.05, 0.1) is 7.11 Å². The van der Waals surface area contributed by atoms with Crippen LogP contribution < -0.4 is 14.8 Å². The molecule has 0 fully saturated rings. The van der Waals surface area contributed by atoms with Gasteiger partial charge in [0.15, 0.2) is 18.1 Å². The largest absolute Gasteiger partial charge is 0.493 e. The van der Waals surface area contributed by atoms with Crippen molar-refractivity contribution in [3.05, 3.63) is 78.6 Å². The zero-order valence-corrected chi connectivity index (χ0v) is 15.7. The lowest BCUT2D eigenvalue weighted by molar-refractivity contribution is -0.118. The van der Waals surface area contributed by atoms with Crippen LogP contribution in [0.2, 0.25) is 0 Å². The molecular weight excluding hydrogens is 360 g/mol. The van der Waals surface area contributed by atoms with Crippen molar-refractivity contribution in [1.82, 2.24) is 4.98 Å². The second-order valence-electron chi connectivity index (χ2n) is 5.66. The number of nitrogens with one attached hydrogen (secondary N) is 1. The van der Waals surface area contributed by atoms with Gasteiger partial charge in [-0.15, -0.1) is 11.8 Å². The second kappa shape index (κ2) is 9.64. The lowest BCUT2D eigenvalue weighted by Gasteiger charge is -2.10. The van der Waals surface area contributed by atoms with E-state index in [1.165, 1.54) is 5.56 Å². The Bertz CT molecular complexity index is 870. The van der Waals surface area contributed by atoms with Crippen molar-refractivity contribution in [3.63, 3.8) is 0 Å². The molecule has 2 aromatic carbocycles. The minimum Gasteiger partial charge on any atom is -0.493 e. The quantitative estimate of drug-likeness (QED) is 0.587. The van der Waals surface area contributed by atoms with E-state index in [1.807, 2.05) is 48.7 Å². The van der Waals surface area contributed by atoms with Gasteiger partial charge in [-0.1, -0.05) is 18.2 Å². The number of carbonyl (C=O) groups excluding carboxylic acids is 1. The van der Waals surface area contributed by atoms with Gasteiger partial charge >= 0.3 is 0 Å². The van der Waals surface area contributed by atoms with Crippen LogP contribution in [0.15, 0.2) is 78.0 Å². The number of ether oxygens (including phenoxy) is 2. The first kappa shape index (κ1) is 18.8. The summed E-state index contributed by atoms with van der Waals surface area (Å²) in [7, 11) is 1.57. The van der Waals surface area contributed by atoms with Gasteiger partial charge in [-0.05, 0) is 48.0 Å². The Labute approximate surface area is 162 Å². The van der Waals surface area contributed by atoms with Crippen LogP contribution in [0, 0.1) is 0 Å². The van der Waals surface area contributed by atoms with Crippen LogP contribution in [0.25, 0.3) is 0 Å². The summed E-state index contributed by atoms with van der Waals surface area (Å²) in [4.78, 5) is 17.3. The monoisotopic (exact) mass is 380 g/mol. The molecule has 0 saturated heterocycles. The molecule has 0 aliphatic heterocycles. The number of anilines is 1. The summed E-state index contributed by atoms with van der Waals surface area (Å²) in [6.45, 7) is -0.0854. The molecular formula is C21H20N2O3S. The third-order valence-corrected chi connectivity index (χ3v) is 4.78. The fourth-order valence-electron chi connectivity index (χ4n) is 2.36. The SMILES string of the molecule is COc1ccccc1OCC(=O)Nc1ccc(SCc2cccnc2)cc1. The van der Waals surface area contributed by atoms with Gasteiger partial charge in [-0.25, -0.2) is 0 Å². The van der Waals surface area contributed by atoms with Gasteiger partial charge in [0.25, 0.3) is 5.91 Å². The van der Waals surface area contributed by atoms with Crippen LogP contribution in [0.1, 0.15) is 5.56 Å². The van der Waals surface area contributed by atoms with Crippen molar-refractivity contribution in [2.75, 3.05) is 19.0 Å². The van der Waals surface area contributed by atoms with E-state index in [2.05, 4.69) is 16.4 Å². The van der Waals surface area contributed by atoms with Crippen molar-refractivity contribution >= 4 is 23.4 Å². The Kier molecular flexibility index (Phi) is 6.71. The molecule has 0 saturated carbocycles. The van der Waals surface area contributed by atoms with E-state index < -0.39 is 0 Å². The summed E-state index contributed by atoms with van der Waals surface area (Å²) < 4.78 is 10.7. The molecule has 6 heteroatoms. The third-order valence-electron chi connectivity index (χ3n) is 3.69. The standard InChI is InChI=1S/C21H20N2O3S/c1-25-19-6-2-3-7-20(19)26-14-21(24)23-17-8-10-18(11-9-17)27-15-16-5-4-12-22-13-16/h2-13H,14-15H2,1H3,(H,23,24). The highest BCUT2D eigenvalue weighted by Gasteiger charge is 2.07. The van der Waals surface area contributed by atoms with E-state index in [9.17, 15) is 4.79 Å². The number of pyridine rings is 1. The van der Waals surface area contributed by atoms with Gasteiger partial charge in [-0.3, -0.25) is 9.78 Å². The molecule has 0 atom stereocenters. The minimum atomic E-state index is -0.225. The predicted octanol–water partition coefficient (Wildman–Crippen LogP) is 4.40. The van der Waals surface area contributed by atoms with Gasteiger partial charge < -0.3 is 14.8 Å². The molecule has 1 N–H and O–H groups in total. The normalized spacial score (nSPS) is 10.3. The summed E-state index contributed by atoms with van der Waals surface area (Å²) >= 11 is 1.72. The maximum Gasteiger partial charge on any atom is 0.262 e. The Hall–Kier alpha value is -2.99. The molecule has 1 heterocycles. The Balaban J connectivity index is 1.48. The van der Waals surface area contributed by atoms with Crippen molar-refractivity contribution in [2.45, 2.75) is 10.6 Å². The summed E-state index contributed by atoms with van der Waals surface area (Å²) in [5, 5.41) is 2.83. The van der Waals surface area contributed by atoms with Crippen molar-refractivity contribution in [2.24, 2.45) is 0 Å². The smallest absolute Gasteiger partial charge is 0.262 e. The highest BCUT2D eigenvalue weighted by molar-refractivity contribution is 7.98. The van der Waals surface area contributed by atoms with Gasteiger partial charge in [-0.2, -0.15) is 0 Å². The van der Waals surface area contributed by atoms with Gasteiger partial charge in [0.2, 0.25) is 0 Å².